The van der Waals surface area contributed by atoms with Crippen molar-refractivity contribution in [3.8, 4) is 0 Å². The van der Waals surface area contributed by atoms with Gasteiger partial charge in [0, 0.05) is 4.47 Å². The van der Waals surface area contributed by atoms with Crippen LogP contribution >= 0.6 is 15.9 Å². The fourth-order valence-corrected chi connectivity index (χ4v) is 1.10. The first-order chi connectivity index (χ1) is 4.84. The maximum Gasteiger partial charge on any atom is 0.0873 e. The van der Waals surface area contributed by atoms with Gasteiger partial charge in [-0.05, 0) is 17.7 Å². The van der Waals surface area contributed by atoms with Crippen molar-refractivity contribution in [2.45, 2.75) is 0 Å². The molecule has 0 aliphatic heterocycles. The van der Waals surface area contributed by atoms with Crippen molar-refractivity contribution in [1.29, 1.82) is 0 Å². The fraction of sp³-hybridized carbons (Fsp3) is 0. The minimum absolute atomic E-state index is 0.528. The molecule has 2 heteroatoms. The number of halogens is 2. The van der Waals surface area contributed by atoms with Gasteiger partial charge in [-0.25, -0.2) is 4.39 Å². The fourth-order valence-electron chi connectivity index (χ4n) is 0.678. The van der Waals surface area contributed by atoms with Crippen molar-refractivity contribution in [2.75, 3.05) is 0 Å². The zero-order valence-electron chi connectivity index (χ0n) is 5.22. The monoisotopic (exact) mass is 200 g/mol. The van der Waals surface area contributed by atoms with Gasteiger partial charge in [0.2, 0.25) is 0 Å². The normalized spacial score (nSPS) is 10.6. The molecule has 0 atom stereocenters. The van der Waals surface area contributed by atoms with Gasteiger partial charge in [-0.15, -0.1) is 0 Å². The van der Waals surface area contributed by atoms with Gasteiger partial charge in [0.05, 0.1) is 6.33 Å². The second-order valence-corrected chi connectivity index (χ2v) is 2.67. The molecular weight excluding hydrogens is 195 g/mol. The summed E-state index contributed by atoms with van der Waals surface area (Å²) in [5.41, 5.74) is 0.852. The van der Waals surface area contributed by atoms with Crippen LogP contribution < -0.4 is 0 Å². The van der Waals surface area contributed by atoms with Crippen LogP contribution in [0.1, 0.15) is 5.56 Å². The molecule has 1 rings (SSSR count). The highest BCUT2D eigenvalue weighted by molar-refractivity contribution is 9.10. The van der Waals surface area contributed by atoms with E-state index in [4.69, 9.17) is 0 Å². The molecule has 52 valence electrons. The van der Waals surface area contributed by atoms with Crippen molar-refractivity contribution in [3.63, 3.8) is 0 Å². The van der Waals surface area contributed by atoms with Gasteiger partial charge < -0.3 is 0 Å². The molecule has 0 nitrogen and oxygen atoms in total. The molecule has 10 heavy (non-hydrogen) atoms. The Bertz CT molecular complexity index is 243. The number of hydrogen-bond donors (Lipinski definition) is 0. The van der Waals surface area contributed by atoms with E-state index >= 15 is 0 Å². The molecule has 0 aromatic heterocycles. The highest BCUT2D eigenvalue weighted by atomic mass is 79.9. The summed E-state index contributed by atoms with van der Waals surface area (Å²) < 4.78 is 12.6. The predicted octanol–water partition coefficient (Wildman–Crippen LogP) is 3.39. The summed E-state index contributed by atoms with van der Waals surface area (Å²) in [6.45, 7) is 0. The average Bonchev–Trinajstić information content (AvgIpc) is 1.94. The highest BCUT2D eigenvalue weighted by Crippen LogP contribution is 2.16. The van der Waals surface area contributed by atoms with E-state index in [1.165, 1.54) is 6.08 Å². The van der Waals surface area contributed by atoms with Crippen LogP contribution in [0.25, 0.3) is 6.08 Å². The van der Waals surface area contributed by atoms with Gasteiger partial charge in [-0.3, -0.25) is 0 Å². The van der Waals surface area contributed by atoms with Crippen molar-refractivity contribution in [3.05, 3.63) is 40.6 Å². The number of benzene rings is 1. The summed E-state index contributed by atoms with van der Waals surface area (Å²) in [4.78, 5) is 0. The minimum atomic E-state index is 0.528. The van der Waals surface area contributed by atoms with E-state index in [1.807, 2.05) is 24.3 Å². The standard InChI is InChI=1S/C8H6BrF/c9-8-4-2-1-3-7(8)5-6-10/h1-6H/b6-5-. The first kappa shape index (κ1) is 7.48. The third-order valence-corrected chi connectivity index (χ3v) is 1.87. The Labute approximate surface area is 67.5 Å². The first-order valence-electron chi connectivity index (χ1n) is 2.86. The zero-order valence-corrected chi connectivity index (χ0v) is 6.81. The molecule has 0 unspecified atom stereocenters. The van der Waals surface area contributed by atoms with Crippen LogP contribution in [-0.2, 0) is 0 Å². The van der Waals surface area contributed by atoms with Gasteiger partial charge in [0.15, 0.2) is 0 Å². The van der Waals surface area contributed by atoms with Crippen molar-refractivity contribution < 1.29 is 4.39 Å². The van der Waals surface area contributed by atoms with Crippen LogP contribution in [-0.4, -0.2) is 0 Å². The number of hydrogen-bond acceptors (Lipinski definition) is 0. The zero-order chi connectivity index (χ0) is 7.40. The molecule has 0 radical (unpaired) electrons. The van der Waals surface area contributed by atoms with Crippen molar-refractivity contribution >= 4 is 22.0 Å². The van der Waals surface area contributed by atoms with Gasteiger partial charge in [-0.1, -0.05) is 34.1 Å². The van der Waals surface area contributed by atoms with Crippen LogP contribution in [0.2, 0.25) is 0 Å². The summed E-state index contributed by atoms with van der Waals surface area (Å²) in [6.07, 6.45) is 1.93. The molecule has 0 bridgehead atoms. The smallest absolute Gasteiger partial charge is 0.0873 e. The van der Waals surface area contributed by atoms with Crippen LogP contribution in [0.15, 0.2) is 35.1 Å². The van der Waals surface area contributed by atoms with E-state index < -0.39 is 0 Å². The van der Waals surface area contributed by atoms with Crippen LogP contribution in [0.5, 0.6) is 0 Å². The van der Waals surface area contributed by atoms with Gasteiger partial charge >= 0.3 is 0 Å². The minimum Gasteiger partial charge on any atom is -0.216 e. The molecule has 0 N–H and O–H groups in total. The van der Waals surface area contributed by atoms with E-state index in [0.717, 1.165) is 10.0 Å². The lowest BCUT2D eigenvalue weighted by Gasteiger charge is -1.93. The third kappa shape index (κ3) is 1.67. The summed E-state index contributed by atoms with van der Waals surface area (Å²) in [5, 5.41) is 0. The summed E-state index contributed by atoms with van der Waals surface area (Å²) in [6, 6.07) is 7.45. The predicted molar refractivity (Wildman–Crippen MR) is 44.3 cm³/mol. The third-order valence-electron chi connectivity index (χ3n) is 1.15. The molecule has 0 aliphatic rings. The van der Waals surface area contributed by atoms with E-state index in [1.54, 1.807) is 0 Å². The topological polar surface area (TPSA) is 0 Å². The Hall–Kier alpha value is -0.630. The SMILES string of the molecule is F/C=C\c1ccccc1Br. The molecule has 0 heterocycles. The van der Waals surface area contributed by atoms with E-state index in [2.05, 4.69) is 15.9 Å². The maximum absolute atomic E-state index is 11.7. The molecule has 1 aromatic carbocycles. The lowest BCUT2D eigenvalue weighted by atomic mass is 10.2. The lowest BCUT2D eigenvalue weighted by molar-refractivity contribution is 0.727. The Morgan fingerprint density at radius 1 is 1.30 bits per heavy atom. The van der Waals surface area contributed by atoms with E-state index in [9.17, 15) is 4.39 Å². The molecule has 0 saturated carbocycles. The van der Waals surface area contributed by atoms with Gasteiger partial charge in [0.1, 0.15) is 0 Å². The maximum atomic E-state index is 11.7. The number of rotatable bonds is 1. The van der Waals surface area contributed by atoms with Crippen molar-refractivity contribution in [1.82, 2.24) is 0 Å². The Morgan fingerprint density at radius 2 is 2.00 bits per heavy atom. The summed E-state index contributed by atoms with van der Waals surface area (Å²) in [5.74, 6) is 0. The second kappa shape index (κ2) is 3.52. The highest BCUT2D eigenvalue weighted by Gasteiger charge is 1.90. The molecular formula is C8H6BrF. The summed E-state index contributed by atoms with van der Waals surface area (Å²) >= 11 is 3.28. The molecule has 0 saturated heterocycles. The molecule has 0 aliphatic carbocycles. The second-order valence-electron chi connectivity index (χ2n) is 1.81. The first-order valence-corrected chi connectivity index (χ1v) is 3.65. The molecule has 1 aromatic rings. The Kier molecular flexibility index (Phi) is 2.63. The van der Waals surface area contributed by atoms with E-state index in [-0.39, 0.29) is 0 Å². The molecule has 0 spiro atoms. The van der Waals surface area contributed by atoms with Crippen LogP contribution in [0.3, 0.4) is 0 Å². The van der Waals surface area contributed by atoms with E-state index in [0.29, 0.717) is 6.33 Å². The van der Waals surface area contributed by atoms with Crippen LogP contribution in [0.4, 0.5) is 4.39 Å². The molecule has 0 amide bonds. The van der Waals surface area contributed by atoms with Gasteiger partial charge in [-0.2, -0.15) is 0 Å². The molecule has 0 fully saturated rings. The summed E-state index contributed by atoms with van der Waals surface area (Å²) in [7, 11) is 0. The quantitative estimate of drug-likeness (QED) is 0.653. The Balaban J connectivity index is 3.03. The van der Waals surface area contributed by atoms with Gasteiger partial charge in [0.25, 0.3) is 0 Å². The largest absolute Gasteiger partial charge is 0.216 e. The van der Waals surface area contributed by atoms with Crippen molar-refractivity contribution in [2.24, 2.45) is 0 Å². The average molecular weight is 201 g/mol. The van der Waals surface area contributed by atoms with Crippen LogP contribution in [0, 0.1) is 0 Å². The lowest BCUT2D eigenvalue weighted by Crippen LogP contribution is -1.71. The Morgan fingerprint density at radius 3 is 2.60 bits per heavy atom.